The number of hydrogen-bond donors (Lipinski definition) is 2. The molecule has 0 aliphatic carbocycles. The molecule has 1 rings (SSSR count). The van der Waals surface area contributed by atoms with Crippen molar-refractivity contribution >= 4 is 17.6 Å². The molecule has 1 aromatic carbocycles. The number of carboxylic acid groups (broad SMARTS) is 1. The van der Waals surface area contributed by atoms with Gasteiger partial charge in [-0.2, -0.15) is 0 Å². The fourth-order valence-electron chi connectivity index (χ4n) is 2.01. The van der Waals surface area contributed by atoms with Crippen LogP contribution in [-0.2, 0) is 4.79 Å². The van der Waals surface area contributed by atoms with Crippen molar-refractivity contribution < 1.29 is 19.6 Å². The smallest absolute Gasteiger partial charge is 0.329 e. The third-order valence-corrected chi connectivity index (χ3v) is 3.29. The van der Waals surface area contributed by atoms with E-state index in [0.29, 0.717) is 12.0 Å². The van der Waals surface area contributed by atoms with Crippen molar-refractivity contribution in [2.75, 3.05) is 0 Å². The second-order valence-corrected chi connectivity index (χ2v) is 5.10. The minimum Gasteiger partial charge on any atom is -0.480 e. The van der Waals surface area contributed by atoms with E-state index in [1.807, 2.05) is 6.92 Å². The second kappa shape index (κ2) is 6.34. The monoisotopic (exact) mass is 294 g/mol. The molecule has 7 nitrogen and oxygen atoms in total. The highest BCUT2D eigenvalue weighted by molar-refractivity contribution is 5.99. The highest BCUT2D eigenvalue weighted by Gasteiger charge is 2.34. The SMILES string of the molecule is CCCC(C)(NC(=O)c1cc([N+](=O)[O-])ccc1C)C(=O)O. The standard InChI is InChI=1S/C14H18N2O5/c1-4-7-14(3,13(18)19)15-12(17)11-8-10(16(20)21)6-5-9(11)2/h5-6,8H,4,7H2,1-3H3,(H,15,17)(H,18,19). The van der Waals surface area contributed by atoms with Crippen LogP contribution in [-0.4, -0.2) is 27.4 Å². The van der Waals surface area contributed by atoms with Crippen molar-refractivity contribution in [3.05, 3.63) is 39.4 Å². The molecule has 0 saturated heterocycles. The fourth-order valence-corrected chi connectivity index (χ4v) is 2.01. The van der Waals surface area contributed by atoms with Gasteiger partial charge in [-0.05, 0) is 25.8 Å². The Morgan fingerprint density at radius 3 is 2.52 bits per heavy atom. The highest BCUT2D eigenvalue weighted by Crippen LogP contribution is 2.19. The zero-order chi connectivity index (χ0) is 16.2. The molecular weight excluding hydrogens is 276 g/mol. The number of hydrogen-bond acceptors (Lipinski definition) is 4. The maximum atomic E-state index is 12.2. The Bertz CT molecular complexity index is 585. The largest absolute Gasteiger partial charge is 0.480 e. The lowest BCUT2D eigenvalue weighted by Gasteiger charge is -2.26. The number of carboxylic acids is 1. The molecular formula is C14H18N2O5. The lowest BCUT2D eigenvalue weighted by atomic mass is 9.95. The number of carbonyl (C=O) groups excluding carboxylic acids is 1. The summed E-state index contributed by atoms with van der Waals surface area (Å²) >= 11 is 0. The number of nitrogens with zero attached hydrogens (tertiary/aromatic N) is 1. The number of non-ortho nitro benzene ring substituents is 1. The molecule has 0 aliphatic rings. The summed E-state index contributed by atoms with van der Waals surface area (Å²) in [6.07, 6.45) is 0.846. The molecule has 0 saturated carbocycles. The topological polar surface area (TPSA) is 110 Å². The van der Waals surface area contributed by atoms with Gasteiger partial charge in [0.1, 0.15) is 5.54 Å². The highest BCUT2D eigenvalue weighted by atomic mass is 16.6. The molecule has 0 fully saturated rings. The van der Waals surface area contributed by atoms with E-state index in [9.17, 15) is 24.8 Å². The van der Waals surface area contributed by atoms with E-state index in [-0.39, 0.29) is 17.7 Å². The quantitative estimate of drug-likeness (QED) is 0.617. The van der Waals surface area contributed by atoms with Crippen LogP contribution in [0.15, 0.2) is 18.2 Å². The number of benzene rings is 1. The fraction of sp³-hybridized carbons (Fsp3) is 0.429. The molecule has 2 N–H and O–H groups in total. The van der Waals surface area contributed by atoms with Gasteiger partial charge >= 0.3 is 5.97 Å². The number of rotatable bonds is 6. The predicted molar refractivity (Wildman–Crippen MR) is 76.2 cm³/mol. The van der Waals surface area contributed by atoms with Crippen LogP contribution >= 0.6 is 0 Å². The van der Waals surface area contributed by atoms with Crippen LogP contribution in [0.3, 0.4) is 0 Å². The van der Waals surface area contributed by atoms with Gasteiger partial charge in [0.2, 0.25) is 0 Å². The van der Waals surface area contributed by atoms with Crippen LogP contribution in [0.5, 0.6) is 0 Å². The van der Waals surface area contributed by atoms with Crippen LogP contribution in [0.2, 0.25) is 0 Å². The van der Waals surface area contributed by atoms with Crippen molar-refractivity contribution in [3.8, 4) is 0 Å². The number of nitrogens with one attached hydrogen (secondary N) is 1. The number of amides is 1. The van der Waals surface area contributed by atoms with Gasteiger partial charge in [0.05, 0.1) is 4.92 Å². The Balaban J connectivity index is 3.11. The number of carbonyl (C=O) groups is 2. The zero-order valence-electron chi connectivity index (χ0n) is 12.2. The van der Waals surface area contributed by atoms with Crippen LogP contribution < -0.4 is 5.32 Å². The molecule has 114 valence electrons. The molecule has 0 aliphatic heterocycles. The average molecular weight is 294 g/mol. The van der Waals surface area contributed by atoms with Crippen molar-refractivity contribution in [3.63, 3.8) is 0 Å². The molecule has 21 heavy (non-hydrogen) atoms. The molecule has 0 radical (unpaired) electrons. The summed E-state index contributed by atoms with van der Waals surface area (Å²) in [6, 6.07) is 3.92. The summed E-state index contributed by atoms with van der Waals surface area (Å²) < 4.78 is 0. The van der Waals surface area contributed by atoms with Gasteiger partial charge in [0.15, 0.2) is 0 Å². The van der Waals surface area contributed by atoms with Gasteiger partial charge in [-0.25, -0.2) is 4.79 Å². The van der Waals surface area contributed by atoms with E-state index in [0.717, 1.165) is 6.07 Å². The van der Waals surface area contributed by atoms with Crippen LogP contribution in [0.4, 0.5) is 5.69 Å². The minimum absolute atomic E-state index is 0.104. The zero-order valence-corrected chi connectivity index (χ0v) is 12.2. The predicted octanol–water partition coefficient (Wildman–Crippen LogP) is 2.28. The first-order chi connectivity index (χ1) is 9.71. The summed E-state index contributed by atoms with van der Waals surface area (Å²) in [7, 11) is 0. The van der Waals surface area contributed by atoms with Crippen LogP contribution in [0.1, 0.15) is 42.6 Å². The lowest BCUT2D eigenvalue weighted by molar-refractivity contribution is -0.384. The molecule has 1 amide bonds. The normalized spacial score (nSPS) is 13.3. The van der Waals surface area contributed by atoms with Crippen molar-refractivity contribution in [1.29, 1.82) is 0 Å². The molecule has 0 aromatic heterocycles. The van der Waals surface area contributed by atoms with Gasteiger partial charge < -0.3 is 10.4 Å². The van der Waals surface area contributed by atoms with E-state index >= 15 is 0 Å². The Hall–Kier alpha value is -2.44. The summed E-state index contributed by atoms with van der Waals surface area (Å²) in [6.45, 7) is 4.87. The Kier molecular flexibility index (Phi) is 5.02. The van der Waals surface area contributed by atoms with Crippen LogP contribution in [0, 0.1) is 17.0 Å². The van der Waals surface area contributed by atoms with Gasteiger partial charge in [-0.1, -0.05) is 19.4 Å². The first-order valence-corrected chi connectivity index (χ1v) is 6.52. The summed E-state index contributed by atoms with van der Waals surface area (Å²) in [5.74, 6) is -1.77. The lowest BCUT2D eigenvalue weighted by Crippen LogP contribution is -2.52. The van der Waals surface area contributed by atoms with Crippen molar-refractivity contribution in [1.82, 2.24) is 5.32 Å². The molecule has 0 heterocycles. The minimum atomic E-state index is -1.40. The molecule has 1 unspecified atom stereocenters. The van der Waals surface area contributed by atoms with E-state index in [1.165, 1.54) is 19.1 Å². The van der Waals surface area contributed by atoms with E-state index in [2.05, 4.69) is 5.32 Å². The van der Waals surface area contributed by atoms with Gasteiger partial charge in [-0.3, -0.25) is 14.9 Å². The van der Waals surface area contributed by atoms with Gasteiger partial charge in [0.25, 0.3) is 11.6 Å². The van der Waals surface area contributed by atoms with Crippen molar-refractivity contribution in [2.45, 2.75) is 39.2 Å². The average Bonchev–Trinajstić information content (AvgIpc) is 2.38. The molecule has 1 atom stereocenters. The maximum Gasteiger partial charge on any atom is 0.329 e. The van der Waals surface area contributed by atoms with E-state index < -0.39 is 22.3 Å². The van der Waals surface area contributed by atoms with Gasteiger partial charge in [0, 0.05) is 17.7 Å². The molecule has 7 heteroatoms. The Labute approximate surface area is 122 Å². The van der Waals surface area contributed by atoms with Gasteiger partial charge in [-0.15, -0.1) is 0 Å². The first kappa shape index (κ1) is 16.6. The maximum absolute atomic E-state index is 12.2. The molecule has 1 aromatic rings. The van der Waals surface area contributed by atoms with E-state index in [1.54, 1.807) is 6.92 Å². The number of nitro groups is 1. The van der Waals surface area contributed by atoms with Crippen molar-refractivity contribution in [2.24, 2.45) is 0 Å². The van der Waals surface area contributed by atoms with E-state index in [4.69, 9.17) is 0 Å². The summed E-state index contributed by atoms with van der Waals surface area (Å²) in [4.78, 5) is 33.7. The summed E-state index contributed by atoms with van der Waals surface area (Å²) in [5.41, 5.74) is -0.962. The van der Waals surface area contributed by atoms with Crippen LogP contribution in [0.25, 0.3) is 0 Å². The first-order valence-electron chi connectivity index (χ1n) is 6.52. The number of nitro benzene ring substituents is 1. The Morgan fingerprint density at radius 2 is 2.05 bits per heavy atom. The second-order valence-electron chi connectivity index (χ2n) is 5.10. The number of aliphatic carboxylic acids is 1. The summed E-state index contributed by atoms with van der Waals surface area (Å²) in [5, 5.41) is 22.5. The number of aryl methyl sites for hydroxylation is 1. The molecule has 0 bridgehead atoms. The molecule has 0 spiro atoms. The third kappa shape index (κ3) is 3.77. The third-order valence-electron chi connectivity index (χ3n) is 3.29. The Morgan fingerprint density at radius 1 is 1.43 bits per heavy atom.